The Hall–Kier alpha value is -2.95. The second kappa shape index (κ2) is 6.87. The van der Waals surface area contributed by atoms with Gasteiger partial charge in [-0.25, -0.2) is 4.39 Å². The van der Waals surface area contributed by atoms with Gasteiger partial charge in [0.15, 0.2) is 11.5 Å². The zero-order valence-electron chi connectivity index (χ0n) is 12.3. The van der Waals surface area contributed by atoms with Crippen molar-refractivity contribution in [1.82, 2.24) is 10.5 Å². The molecule has 2 aromatic carbocycles. The molecule has 1 aromatic heterocycles. The first-order valence-corrected chi connectivity index (χ1v) is 7.28. The van der Waals surface area contributed by atoms with Crippen LogP contribution in [0.4, 0.5) is 4.39 Å². The molecule has 3 rings (SSSR count). The van der Waals surface area contributed by atoms with Crippen molar-refractivity contribution in [3.63, 3.8) is 0 Å². The molecule has 3 aromatic rings. The monoisotopic (exact) mass is 310 g/mol. The Balaban J connectivity index is 1.59. The standard InChI is InChI=1S/C18H15FN2O2/c19-15-9-5-4-6-13(15)10-11-20-18(22)16-12-17(23-21-16)14-7-2-1-3-8-14/h1-9,12H,10-11H2,(H,20,22). The Bertz CT molecular complexity index is 800. The van der Waals surface area contributed by atoms with Gasteiger partial charge in [-0.3, -0.25) is 4.79 Å². The summed E-state index contributed by atoms with van der Waals surface area (Å²) in [6.07, 6.45) is 0.418. The van der Waals surface area contributed by atoms with Crippen LogP contribution < -0.4 is 5.32 Å². The molecule has 0 aliphatic carbocycles. The minimum absolute atomic E-state index is 0.206. The molecule has 0 saturated heterocycles. The predicted molar refractivity (Wildman–Crippen MR) is 84.4 cm³/mol. The minimum atomic E-state index is -0.340. The van der Waals surface area contributed by atoms with Crippen LogP contribution in [0.15, 0.2) is 65.2 Å². The largest absolute Gasteiger partial charge is 0.355 e. The first kappa shape index (κ1) is 15.0. The first-order chi connectivity index (χ1) is 11.2. The Morgan fingerprint density at radius 2 is 1.83 bits per heavy atom. The quantitative estimate of drug-likeness (QED) is 0.785. The summed E-state index contributed by atoms with van der Waals surface area (Å²) in [5.74, 6) is -0.0772. The van der Waals surface area contributed by atoms with Crippen molar-refractivity contribution in [2.75, 3.05) is 6.54 Å². The van der Waals surface area contributed by atoms with Crippen molar-refractivity contribution in [2.45, 2.75) is 6.42 Å². The van der Waals surface area contributed by atoms with E-state index in [1.165, 1.54) is 6.07 Å². The number of benzene rings is 2. The van der Waals surface area contributed by atoms with Gasteiger partial charge < -0.3 is 9.84 Å². The lowest BCUT2D eigenvalue weighted by Crippen LogP contribution is -2.26. The van der Waals surface area contributed by atoms with Crippen LogP contribution in [0.5, 0.6) is 0 Å². The van der Waals surface area contributed by atoms with Crippen LogP contribution in [-0.4, -0.2) is 17.6 Å². The Labute approximate surface area is 132 Å². The van der Waals surface area contributed by atoms with Crippen LogP contribution in [0.2, 0.25) is 0 Å². The molecule has 0 saturated carbocycles. The summed E-state index contributed by atoms with van der Waals surface area (Å²) >= 11 is 0. The Morgan fingerprint density at radius 3 is 2.61 bits per heavy atom. The highest BCUT2D eigenvalue weighted by atomic mass is 19.1. The second-order valence-electron chi connectivity index (χ2n) is 5.04. The molecule has 1 heterocycles. The highest BCUT2D eigenvalue weighted by molar-refractivity contribution is 5.93. The van der Waals surface area contributed by atoms with Crippen LogP contribution in [0, 0.1) is 5.82 Å². The summed E-state index contributed by atoms with van der Waals surface area (Å²) in [6, 6.07) is 17.5. The smallest absolute Gasteiger partial charge is 0.273 e. The van der Waals surface area contributed by atoms with Gasteiger partial charge in [0.05, 0.1) is 0 Å². The van der Waals surface area contributed by atoms with Gasteiger partial charge in [0, 0.05) is 18.2 Å². The Morgan fingerprint density at radius 1 is 1.09 bits per heavy atom. The van der Waals surface area contributed by atoms with Gasteiger partial charge in [-0.1, -0.05) is 53.7 Å². The molecule has 0 unspecified atom stereocenters. The van der Waals surface area contributed by atoms with Crippen molar-refractivity contribution in [2.24, 2.45) is 0 Å². The van der Waals surface area contributed by atoms with E-state index in [0.717, 1.165) is 5.56 Å². The summed E-state index contributed by atoms with van der Waals surface area (Å²) in [6.45, 7) is 0.327. The van der Waals surface area contributed by atoms with Crippen molar-refractivity contribution < 1.29 is 13.7 Å². The zero-order chi connectivity index (χ0) is 16.1. The average molecular weight is 310 g/mol. The number of carbonyl (C=O) groups excluding carboxylic acids is 1. The van der Waals surface area contributed by atoms with E-state index < -0.39 is 0 Å². The van der Waals surface area contributed by atoms with Gasteiger partial charge in [0.1, 0.15) is 5.82 Å². The van der Waals surface area contributed by atoms with Gasteiger partial charge >= 0.3 is 0 Å². The van der Waals surface area contributed by atoms with E-state index in [0.29, 0.717) is 24.3 Å². The van der Waals surface area contributed by atoms with Crippen molar-refractivity contribution in [3.05, 3.63) is 77.7 Å². The summed E-state index contributed by atoms with van der Waals surface area (Å²) in [4.78, 5) is 12.0. The predicted octanol–water partition coefficient (Wildman–Crippen LogP) is 3.45. The molecule has 23 heavy (non-hydrogen) atoms. The fourth-order valence-corrected chi connectivity index (χ4v) is 2.22. The minimum Gasteiger partial charge on any atom is -0.355 e. The van der Waals surface area contributed by atoms with Crippen LogP contribution in [0.3, 0.4) is 0 Å². The van der Waals surface area contributed by atoms with Gasteiger partial charge in [-0.05, 0) is 18.1 Å². The average Bonchev–Trinajstić information content (AvgIpc) is 3.07. The number of amides is 1. The van der Waals surface area contributed by atoms with Crippen LogP contribution in [-0.2, 0) is 6.42 Å². The topological polar surface area (TPSA) is 55.1 Å². The maximum absolute atomic E-state index is 13.5. The molecule has 116 valence electrons. The fourth-order valence-electron chi connectivity index (χ4n) is 2.22. The summed E-state index contributed by atoms with van der Waals surface area (Å²) in [5.41, 5.74) is 1.63. The summed E-state index contributed by atoms with van der Waals surface area (Å²) in [7, 11) is 0. The molecule has 0 atom stereocenters. The van der Waals surface area contributed by atoms with Gasteiger partial charge in [-0.2, -0.15) is 0 Å². The number of hydrogen-bond donors (Lipinski definition) is 1. The first-order valence-electron chi connectivity index (χ1n) is 7.28. The number of nitrogens with one attached hydrogen (secondary N) is 1. The number of nitrogens with zero attached hydrogens (tertiary/aromatic N) is 1. The lowest BCUT2D eigenvalue weighted by Gasteiger charge is -2.04. The maximum Gasteiger partial charge on any atom is 0.273 e. The van der Waals surface area contributed by atoms with E-state index in [9.17, 15) is 9.18 Å². The van der Waals surface area contributed by atoms with E-state index in [1.54, 1.807) is 24.3 Å². The highest BCUT2D eigenvalue weighted by Gasteiger charge is 2.13. The normalized spacial score (nSPS) is 10.5. The zero-order valence-corrected chi connectivity index (χ0v) is 12.3. The molecule has 5 heteroatoms. The Kier molecular flexibility index (Phi) is 4.47. The van der Waals surface area contributed by atoms with Gasteiger partial charge in [-0.15, -0.1) is 0 Å². The lowest BCUT2D eigenvalue weighted by molar-refractivity contribution is 0.0945. The molecule has 1 N–H and O–H groups in total. The summed E-state index contributed by atoms with van der Waals surface area (Å²) < 4.78 is 18.7. The number of aromatic nitrogens is 1. The van der Waals surface area contributed by atoms with Crippen molar-refractivity contribution in [3.8, 4) is 11.3 Å². The molecule has 0 aliphatic heterocycles. The third-order valence-corrected chi connectivity index (χ3v) is 3.44. The van der Waals surface area contributed by atoms with Crippen molar-refractivity contribution >= 4 is 5.91 Å². The molecule has 4 nitrogen and oxygen atoms in total. The number of rotatable bonds is 5. The van der Waals surface area contributed by atoms with E-state index in [-0.39, 0.29) is 17.4 Å². The van der Waals surface area contributed by atoms with Crippen LogP contribution >= 0.6 is 0 Å². The molecule has 0 bridgehead atoms. The third-order valence-electron chi connectivity index (χ3n) is 3.44. The second-order valence-corrected chi connectivity index (χ2v) is 5.04. The molecule has 0 fully saturated rings. The number of halogens is 1. The van der Waals surface area contributed by atoms with E-state index in [4.69, 9.17) is 4.52 Å². The molecule has 0 radical (unpaired) electrons. The molecule has 1 amide bonds. The van der Waals surface area contributed by atoms with Crippen molar-refractivity contribution in [1.29, 1.82) is 0 Å². The third kappa shape index (κ3) is 3.63. The van der Waals surface area contributed by atoms with Gasteiger partial charge in [0.25, 0.3) is 5.91 Å². The SMILES string of the molecule is O=C(NCCc1ccccc1F)c1cc(-c2ccccc2)on1. The highest BCUT2D eigenvalue weighted by Crippen LogP contribution is 2.19. The van der Waals surface area contributed by atoms with E-state index >= 15 is 0 Å². The van der Waals surface area contributed by atoms with E-state index in [2.05, 4.69) is 10.5 Å². The van der Waals surface area contributed by atoms with E-state index in [1.807, 2.05) is 30.3 Å². The summed E-state index contributed by atoms with van der Waals surface area (Å²) in [5, 5.41) is 6.49. The molecular formula is C18H15FN2O2. The molecular weight excluding hydrogens is 295 g/mol. The fraction of sp³-hybridized carbons (Fsp3) is 0.111. The number of hydrogen-bond acceptors (Lipinski definition) is 3. The lowest BCUT2D eigenvalue weighted by atomic mass is 10.1. The molecule has 0 spiro atoms. The maximum atomic E-state index is 13.5. The number of carbonyl (C=O) groups is 1. The van der Waals surface area contributed by atoms with Gasteiger partial charge in [0.2, 0.25) is 0 Å². The van der Waals surface area contributed by atoms with Crippen LogP contribution in [0.1, 0.15) is 16.1 Å². The van der Waals surface area contributed by atoms with Crippen LogP contribution in [0.25, 0.3) is 11.3 Å². The molecule has 0 aliphatic rings.